The number of fused-ring (bicyclic) bond motifs is 2. The smallest absolute Gasteiger partial charge is 0.261 e. The third-order valence-electron chi connectivity index (χ3n) is 16.8. The second-order valence-corrected chi connectivity index (χ2v) is 27.3. The SMILES string of the molecule is CCCCC(CC)Cc1ccc(-c2c3cc(-c4ccc5c6c(cccc46)C(=O)N(CCCN(C)C)C5=O)sc3c(-c3ccc(CC(CC)CCCC)s3)c3cc(-c4ccc5c6c(cccc46)C(=O)N(CCCN(C)C)C5=O)sc23)s1. The van der Waals surface area contributed by atoms with Crippen LogP contribution in [0.2, 0.25) is 0 Å². The van der Waals surface area contributed by atoms with Crippen LogP contribution in [-0.2, 0) is 12.8 Å². The van der Waals surface area contributed by atoms with Crippen molar-refractivity contribution < 1.29 is 19.2 Å². The van der Waals surface area contributed by atoms with Crippen LogP contribution in [0, 0.1) is 11.8 Å². The summed E-state index contributed by atoms with van der Waals surface area (Å²) >= 11 is 7.47. The number of benzene rings is 5. The number of carbonyl (C=O) groups is 4. The highest BCUT2D eigenvalue weighted by molar-refractivity contribution is 7.26. The number of unbranched alkanes of at least 4 members (excludes halogenated alkanes) is 2. The maximum atomic E-state index is 14.3. The van der Waals surface area contributed by atoms with Crippen molar-refractivity contribution in [3.8, 4) is 41.8 Å². The van der Waals surface area contributed by atoms with Gasteiger partial charge in [-0.3, -0.25) is 29.0 Å². The summed E-state index contributed by atoms with van der Waals surface area (Å²) in [5, 5.41) is 5.69. The Morgan fingerprint density at radius 3 is 1.19 bits per heavy atom. The Balaban J connectivity index is 1.13. The Labute approximate surface area is 488 Å². The molecule has 11 rings (SSSR count). The summed E-state index contributed by atoms with van der Waals surface area (Å²) in [5.41, 5.74) is 6.79. The number of imide groups is 2. The number of thiophene rings is 4. The van der Waals surface area contributed by atoms with Crippen molar-refractivity contribution in [3.63, 3.8) is 0 Å². The van der Waals surface area contributed by atoms with Gasteiger partial charge >= 0.3 is 0 Å². The number of carbonyl (C=O) groups excluding carboxylic acids is 4. The van der Waals surface area contributed by atoms with Crippen LogP contribution in [0.25, 0.3) is 83.5 Å². The fourth-order valence-electron chi connectivity index (χ4n) is 12.4. The van der Waals surface area contributed by atoms with Crippen LogP contribution < -0.4 is 0 Å². The molecule has 6 heterocycles. The van der Waals surface area contributed by atoms with Gasteiger partial charge in [-0.05, 0) is 161 Å². The predicted molar refractivity (Wildman–Crippen MR) is 341 cm³/mol. The standard InChI is InChI=1S/C68H74N4O4S4/c1-9-13-19-41(11-3)37-43-25-31-55(77-43)61-53-39-57(45-27-29-51-59-47(45)21-15-23-49(59)65(73)71(67(51)75)35-17-33-69(5)6)80-64(53)62(56-32-26-44(78-56)38-42(12-4)20-14-10-2)54-40-58(79-63(54)61)46-28-30-52-60-48(46)22-16-24-50(60)66(74)72(68(52)76)36-18-34-70(7)8/h15-16,21-32,39-42H,9-14,17-20,33-38H2,1-8H3. The van der Waals surface area contributed by atoms with Gasteiger partial charge in [0.1, 0.15) is 0 Å². The lowest BCUT2D eigenvalue weighted by atomic mass is 9.90. The summed E-state index contributed by atoms with van der Waals surface area (Å²) < 4.78 is 2.43. The molecule has 0 radical (unpaired) electrons. The molecule has 9 aromatic rings. The monoisotopic (exact) mass is 1140 g/mol. The van der Waals surface area contributed by atoms with E-state index in [4.69, 9.17) is 0 Å². The Bertz CT molecular complexity index is 3490. The Kier molecular flexibility index (Phi) is 16.8. The van der Waals surface area contributed by atoms with Gasteiger partial charge in [0.2, 0.25) is 0 Å². The molecule has 2 aliphatic heterocycles. The van der Waals surface area contributed by atoms with Gasteiger partial charge in [-0.2, -0.15) is 0 Å². The number of hydrogen-bond donors (Lipinski definition) is 0. The Morgan fingerprint density at radius 2 is 0.812 bits per heavy atom. The molecule has 12 heteroatoms. The molecular weight excluding hydrogens is 1070 g/mol. The molecule has 0 N–H and O–H groups in total. The third-order valence-corrected chi connectivity index (χ3v) is 21.4. The Hall–Kier alpha value is -5.86. The quantitative estimate of drug-likeness (QED) is 0.0561. The van der Waals surface area contributed by atoms with E-state index in [9.17, 15) is 19.2 Å². The molecule has 5 aromatic carbocycles. The minimum Gasteiger partial charge on any atom is -0.309 e. The minimum absolute atomic E-state index is 0.227. The number of rotatable bonds is 24. The molecule has 0 saturated carbocycles. The van der Waals surface area contributed by atoms with Crippen molar-refractivity contribution in [1.82, 2.24) is 19.6 Å². The normalized spacial score (nSPS) is 14.5. The van der Waals surface area contributed by atoms with Crippen LogP contribution >= 0.6 is 45.3 Å². The molecule has 414 valence electrons. The zero-order valence-electron chi connectivity index (χ0n) is 47.8. The maximum Gasteiger partial charge on any atom is 0.261 e. The largest absolute Gasteiger partial charge is 0.309 e. The first-order valence-corrected chi connectivity index (χ1v) is 32.4. The van der Waals surface area contributed by atoms with E-state index in [0.29, 0.717) is 60.0 Å². The highest BCUT2D eigenvalue weighted by Gasteiger charge is 2.36. The highest BCUT2D eigenvalue weighted by atomic mass is 32.1. The molecule has 0 bridgehead atoms. The molecule has 0 fully saturated rings. The molecule has 2 aliphatic rings. The summed E-state index contributed by atoms with van der Waals surface area (Å²) in [4.78, 5) is 71.6. The van der Waals surface area contributed by atoms with Gasteiger partial charge in [-0.25, -0.2) is 0 Å². The first-order chi connectivity index (χ1) is 38.8. The second-order valence-electron chi connectivity index (χ2n) is 22.8. The van der Waals surface area contributed by atoms with Gasteiger partial charge in [-0.1, -0.05) is 115 Å². The predicted octanol–water partition coefficient (Wildman–Crippen LogP) is 17.8. The van der Waals surface area contributed by atoms with Crippen molar-refractivity contribution in [1.29, 1.82) is 0 Å². The average molecular weight is 1140 g/mol. The van der Waals surface area contributed by atoms with Crippen LogP contribution in [0.15, 0.2) is 97.1 Å². The van der Waals surface area contributed by atoms with E-state index in [0.717, 1.165) is 81.2 Å². The summed E-state index contributed by atoms with van der Waals surface area (Å²) in [6.07, 6.45) is 13.1. The van der Waals surface area contributed by atoms with Gasteiger partial charge in [0.25, 0.3) is 23.6 Å². The number of hydrogen-bond acceptors (Lipinski definition) is 10. The van der Waals surface area contributed by atoms with Crippen molar-refractivity contribution in [2.24, 2.45) is 11.8 Å². The van der Waals surface area contributed by atoms with E-state index >= 15 is 0 Å². The lowest BCUT2D eigenvalue weighted by Crippen LogP contribution is -2.41. The molecule has 0 saturated heterocycles. The third kappa shape index (κ3) is 10.5. The Morgan fingerprint density at radius 1 is 0.425 bits per heavy atom. The topological polar surface area (TPSA) is 81.2 Å². The molecule has 2 unspecified atom stereocenters. The zero-order valence-corrected chi connectivity index (χ0v) is 51.0. The first kappa shape index (κ1) is 56.0. The van der Waals surface area contributed by atoms with E-state index in [-0.39, 0.29) is 23.6 Å². The second kappa shape index (κ2) is 23.9. The number of amides is 4. The van der Waals surface area contributed by atoms with Crippen molar-refractivity contribution >= 4 is 111 Å². The molecule has 4 aromatic heterocycles. The van der Waals surface area contributed by atoms with Gasteiger partial charge in [-0.15, -0.1) is 45.3 Å². The fraction of sp³-hybridized carbons (Fsp3) is 0.382. The van der Waals surface area contributed by atoms with Gasteiger partial charge < -0.3 is 9.80 Å². The van der Waals surface area contributed by atoms with E-state index in [1.54, 1.807) is 0 Å². The van der Waals surface area contributed by atoms with Crippen molar-refractivity contribution in [2.45, 2.75) is 105 Å². The van der Waals surface area contributed by atoms with E-state index < -0.39 is 0 Å². The lowest BCUT2D eigenvalue weighted by molar-refractivity contribution is 0.0590. The molecule has 80 heavy (non-hydrogen) atoms. The maximum absolute atomic E-state index is 14.3. The molecule has 0 aliphatic carbocycles. The summed E-state index contributed by atoms with van der Waals surface area (Å²) in [5.74, 6) is 0.343. The van der Waals surface area contributed by atoms with Crippen LogP contribution in [0.5, 0.6) is 0 Å². The molecule has 2 atom stereocenters. The van der Waals surface area contributed by atoms with Crippen LogP contribution in [0.1, 0.15) is 143 Å². The van der Waals surface area contributed by atoms with Gasteiger partial charge in [0.05, 0.1) is 0 Å². The van der Waals surface area contributed by atoms with Crippen molar-refractivity contribution in [3.05, 3.63) is 129 Å². The number of nitrogens with zero attached hydrogens (tertiary/aromatic N) is 4. The zero-order chi connectivity index (χ0) is 55.9. The first-order valence-electron chi connectivity index (χ1n) is 29.2. The molecule has 4 amide bonds. The van der Waals surface area contributed by atoms with E-state index in [2.05, 4.69) is 98.2 Å². The molecular formula is C68H74N4O4S4. The average Bonchev–Trinajstić information content (AvgIpc) is 4.44. The van der Waals surface area contributed by atoms with Crippen molar-refractivity contribution in [2.75, 3.05) is 54.4 Å². The summed E-state index contributed by atoms with van der Waals surface area (Å²) in [6, 6.07) is 34.3. The molecule has 8 nitrogen and oxygen atoms in total. The van der Waals surface area contributed by atoms with Gasteiger partial charge in [0, 0.05) is 107 Å². The summed E-state index contributed by atoms with van der Waals surface area (Å²) in [6.45, 7) is 11.5. The van der Waals surface area contributed by atoms with Crippen LogP contribution in [0.3, 0.4) is 0 Å². The lowest BCUT2D eigenvalue weighted by Gasteiger charge is -2.28. The van der Waals surface area contributed by atoms with E-state index in [1.807, 2.05) is 110 Å². The fourth-order valence-corrected chi connectivity index (χ4v) is 17.5. The van der Waals surface area contributed by atoms with E-state index in [1.165, 1.54) is 99.1 Å². The molecule has 0 spiro atoms. The minimum atomic E-state index is -0.227. The highest BCUT2D eigenvalue weighted by Crippen LogP contribution is 2.55. The van der Waals surface area contributed by atoms with Crippen LogP contribution in [-0.4, -0.2) is 97.6 Å². The van der Waals surface area contributed by atoms with Crippen LogP contribution in [0.4, 0.5) is 0 Å². The van der Waals surface area contributed by atoms with Gasteiger partial charge in [0.15, 0.2) is 0 Å². The summed E-state index contributed by atoms with van der Waals surface area (Å²) in [7, 11) is 8.04.